The molecular formula is C17H19N3O3S. The Hall–Kier alpha value is -2.41. The Labute approximate surface area is 144 Å². The van der Waals surface area contributed by atoms with E-state index in [0.29, 0.717) is 24.4 Å². The number of benzene rings is 1. The highest BCUT2D eigenvalue weighted by atomic mass is 32.1. The van der Waals surface area contributed by atoms with E-state index in [1.165, 1.54) is 11.3 Å². The monoisotopic (exact) mass is 345 g/mol. The molecule has 2 heterocycles. The number of nitrogens with one attached hydrogen (secondary N) is 1. The molecule has 2 aromatic rings. The van der Waals surface area contributed by atoms with E-state index in [1.807, 2.05) is 44.2 Å². The number of nitrogens with zero attached hydrogens (tertiary/aromatic N) is 2. The third-order valence-electron chi connectivity index (χ3n) is 3.54. The van der Waals surface area contributed by atoms with Crippen molar-refractivity contribution in [2.75, 3.05) is 13.2 Å². The number of ether oxygens (including phenoxy) is 1. The lowest BCUT2D eigenvalue weighted by Crippen LogP contribution is -2.30. The number of carbonyl (C=O) groups excluding carboxylic acids is 1. The van der Waals surface area contributed by atoms with Gasteiger partial charge >= 0.3 is 0 Å². The van der Waals surface area contributed by atoms with Gasteiger partial charge in [-0.1, -0.05) is 23.4 Å². The summed E-state index contributed by atoms with van der Waals surface area (Å²) in [7, 11) is 0. The predicted molar refractivity (Wildman–Crippen MR) is 92.8 cm³/mol. The topological polar surface area (TPSA) is 72.8 Å². The van der Waals surface area contributed by atoms with Crippen molar-refractivity contribution in [3.8, 4) is 5.75 Å². The molecule has 1 amide bonds. The van der Waals surface area contributed by atoms with Gasteiger partial charge in [-0.3, -0.25) is 4.79 Å². The van der Waals surface area contributed by atoms with Crippen LogP contribution >= 0.6 is 11.3 Å². The molecule has 1 atom stereocenters. The maximum atomic E-state index is 12.2. The molecule has 0 aliphatic carbocycles. The van der Waals surface area contributed by atoms with Gasteiger partial charge in [0, 0.05) is 6.42 Å². The molecule has 1 N–H and O–H groups in total. The molecule has 3 rings (SSSR count). The Kier molecular flexibility index (Phi) is 5.10. The first-order chi connectivity index (χ1) is 11.6. The van der Waals surface area contributed by atoms with Gasteiger partial charge in [-0.2, -0.15) is 0 Å². The zero-order valence-corrected chi connectivity index (χ0v) is 14.4. The number of para-hydroxylation sites is 1. The number of hydrogen-bond acceptors (Lipinski definition) is 6. The van der Waals surface area contributed by atoms with E-state index < -0.39 is 0 Å². The number of amides is 1. The van der Waals surface area contributed by atoms with E-state index in [-0.39, 0.29) is 12.0 Å². The van der Waals surface area contributed by atoms with Gasteiger partial charge < -0.3 is 14.9 Å². The smallest absolute Gasteiger partial charge is 0.263 e. The van der Waals surface area contributed by atoms with E-state index in [1.54, 1.807) is 0 Å². The SMILES string of the molecule is Cc1nc(C)c(C(=O)NCC2=NOC(COc3ccccc3)C2)s1. The second kappa shape index (κ2) is 7.44. The van der Waals surface area contributed by atoms with E-state index in [9.17, 15) is 4.79 Å². The zero-order valence-electron chi connectivity index (χ0n) is 13.6. The Morgan fingerprint density at radius 2 is 2.17 bits per heavy atom. The zero-order chi connectivity index (χ0) is 16.9. The Balaban J connectivity index is 1.43. The van der Waals surface area contributed by atoms with Crippen molar-refractivity contribution in [2.45, 2.75) is 26.4 Å². The molecule has 1 aliphatic heterocycles. The number of oxime groups is 1. The van der Waals surface area contributed by atoms with Crippen LogP contribution < -0.4 is 10.1 Å². The molecule has 1 aliphatic rings. The summed E-state index contributed by atoms with van der Waals surface area (Å²) >= 11 is 1.40. The van der Waals surface area contributed by atoms with Crippen molar-refractivity contribution in [3.05, 3.63) is 45.9 Å². The highest BCUT2D eigenvalue weighted by molar-refractivity contribution is 7.13. The average Bonchev–Trinajstić information content (AvgIpc) is 3.17. The lowest BCUT2D eigenvalue weighted by Gasteiger charge is -2.10. The van der Waals surface area contributed by atoms with Crippen LogP contribution in [-0.2, 0) is 4.84 Å². The Morgan fingerprint density at radius 1 is 1.38 bits per heavy atom. The van der Waals surface area contributed by atoms with Crippen LogP contribution in [0.4, 0.5) is 0 Å². The van der Waals surface area contributed by atoms with Crippen LogP contribution in [-0.4, -0.2) is 35.9 Å². The number of aromatic nitrogens is 1. The second-order valence-corrected chi connectivity index (χ2v) is 6.75. The Bertz CT molecular complexity index is 743. The summed E-state index contributed by atoms with van der Waals surface area (Å²) in [6, 6.07) is 9.58. The van der Waals surface area contributed by atoms with Crippen LogP contribution in [0.25, 0.3) is 0 Å². The standard InChI is InChI=1S/C17H19N3O3S/c1-11-16(24-12(2)19-11)17(21)18-9-13-8-15(23-20-13)10-22-14-6-4-3-5-7-14/h3-7,15H,8-10H2,1-2H3,(H,18,21). The summed E-state index contributed by atoms with van der Waals surface area (Å²) in [5.74, 6) is 0.684. The van der Waals surface area contributed by atoms with E-state index >= 15 is 0 Å². The summed E-state index contributed by atoms with van der Waals surface area (Å²) in [5.41, 5.74) is 1.57. The van der Waals surface area contributed by atoms with Crippen molar-refractivity contribution in [3.63, 3.8) is 0 Å². The van der Waals surface area contributed by atoms with Gasteiger partial charge in [0.15, 0.2) is 6.10 Å². The first kappa shape index (κ1) is 16.4. The van der Waals surface area contributed by atoms with Gasteiger partial charge in [-0.25, -0.2) is 4.98 Å². The molecule has 0 bridgehead atoms. The molecule has 0 spiro atoms. The third kappa shape index (κ3) is 4.11. The summed E-state index contributed by atoms with van der Waals surface area (Å²) in [6.07, 6.45) is 0.526. The van der Waals surface area contributed by atoms with Crippen molar-refractivity contribution in [1.82, 2.24) is 10.3 Å². The number of thiazole rings is 1. The van der Waals surface area contributed by atoms with Gasteiger partial charge in [0.05, 0.1) is 23.0 Å². The molecule has 0 fully saturated rings. The van der Waals surface area contributed by atoms with Gasteiger partial charge in [0.1, 0.15) is 17.2 Å². The van der Waals surface area contributed by atoms with E-state index in [2.05, 4.69) is 15.5 Å². The highest BCUT2D eigenvalue weighted by Gasteiger charge is 2.23. The van der Waals surface area contributed by atoms with E-state index in [4.69, 9.17) is 9.57 Å². The first-order valence-electron chi connectivity index (χ1n) is 7.73. The minimum atomic E-state index is -0.121. The van der Waals surface area contributed by atoms with Crippen LogP contribution in [0.15, 0.2) is 35.5 Å². The van der Waals surface area contributed by atoms with Crippen molar-refractivity contribution < 1.29 is 14.4 Å². The summed E-state index contributed by atoms with van der Waals surface area (Å²) in [4.78, 5) is 22.4. The molecule has 0 saturated carbocycles. The fourth-order valence-electron chi connectivity index (χ4n) is 2.39. The van der Waals surface area contributed by atoms with Crippen LogP contribution in [0, 0.1) is 13.8 Å². The van der Waals surface area contributed by atoms with Gasteiger partial charge in [-0.05, 0) is 26.0 Å². The molecule has 24 heavy (non-hydrogen) atoms. The fourth-order valence-corrected chi connectivity index (χ4v) is 3.23. The predicted octanol–water partition coefficient (Wildman–Crippen LogP) is 2.71. The number of rotatable bonds is 6. The van der Waals surface area contributed by atoms with Crippen LogP contribution in [0.3, 0.4) is 0 Å². The largest absolute Gasteiger partial charge is 0.490 e. The molecule has 7 heteroatoms. The highest BCUT2D eigenvalue weighted by Crippen LogP contribution is 2.17. The second-order valence-electron chi connectivity index (χ2n) is 5.54. The minimum Gasteiger partial charge on any atom is -0.490 e. The quantitative estimate of drug-likeness (QED) is 0.874. The maximum absolute atomic E-state index is 12.2. The van der Waals surface area contributed by atoms with Crippen LogP contribution in [0.5, 0.6) is 5.75 Å². The lowest BCUT2D eigenvalue weighted by atomic mass is 10.2. The third-order valence-corrected chi connectivity index (χ3v) is 4.61. The van der Waals surface area contributed by atoms with Gasteiger partial charge in [-0.15, -0.1) is 11.3 Å². The first-order valence-corrected chi connectivity index (χ1v) is 8.55. The molecule has 1 aromatic heterocycles. The fraction of sp³-hybridized carbons (Fsp3) is 0.353. The minimum absolute atomic E-state index is 0.121. The molecular weight excluding hydrogens is 326 g/mol. The van der Waals surface area contributed by atoms with E-state index in [0.717, 1.165) is 22.2 Å². The number of aryl methyl sites for hydroxylation is 2. The summed E-state index contributed by atoms with van der Waals surface area (Å²) in [5, 5.41) is 7.79. The average molecular weight is 345 g/mol. The lowest BCUT2D eigenvalue weighted by molar-refractivity contribution is 0.0471. The van der Waals surface area contributed by atoms with Crippen molar-refractivity contribution >= 4 is 23.0 Å². The number of hydrogen-bond donors (Lipinski definition) is 1. The molecule has 6 nitrogen and oxygen atoms in total. The summed E-state index contributed by atoms with van der Waals surface area (Å²) < 4.78 is 5.66. The van der Waals surface area contributed by atoms with Crippen LogP contribution in [0.2, 0.25) is 0 Å². The normalized spacial score (nSPS) is 16.4. The molecule has 1 aromatic carbocycles. The van der Waals surface area contributed by atoms with Gasteiger partial charge in [0.2, 0.25) is 0 Å². The van der Waals surface area contributed by atoms with Crippen LogP contribution in [0.1, 0.15) is 26.8 Å². The maximum Gasteiger partial charge on any atom is 0.263 e. The molecule has 0 radical (unpaired) electrons. The summed E-state index contributed by atoms with van der Waals surface area (Å²) in [6.45, 7) is 4.53. The Morgan fingerprint density at radius 3 is 2.88 bits per heavy atom. The number of carbonyl (C=O) groups is 1. The van der Waals surface area contributed by atoms with Crippen molar-refractivity contribution in [2.24, 2.45) is 5.16 Å². The molecule has 0 saturated heterocycles. The van der Waals surface area contributed by atoms with Gasteiger partial charge in [0.25, 0.3) is 5.91 Å². The van der Waals surface area contributed by atoms with Crippen molar-refractivity contribution in [1.29, 1.82) is 0 Å². The molecule has 126 valence electrons. The molecule has 1 unspecified atom stereocenters.